The Morgan fingerprint density at radius 2 is 1.87 bits per heavy atom. The third kappa shape index (κ3) is 5.09. The molecule has 1 aliphatic heterocycles. The maximum Gasteiger partial charge on any atom is 0.302 e. The number of rotatable bonds is 8. The van der Waals surface area contributed by atoms with Crippen molar-refractivity contribution < 1.29 is 14.3 Å². The molecule has 2 unspecified atom stereocenters. The Morgan fingerprint density at radius 1 is 1.18 bits per heavy atom. The minimum atomic E-state index is -0.216. The van der Waals surface area contributed by atoms with Crippen molar-refractivity contribution in [3.63, 3.8) is 0 Å². The van der Waals surface area contributed by atoms with Crippen molar-refractivity contribution in [1.29, 1.82) is 5.26 Å². The van der Waals surface area contributed by atoms with E-state index in [4.69, 9.17) is 15.0 Å². The number of nitrogens with zero attached hydrogens (tertiary/aromatic N) is 3. The summed E-state index contributed by atoms with van der Waals surface area (Å²) < 4.78 is 6.20. The fraction of sp³-hybridized carbons (Fsp3) is 0.600. The molecule has 4 bridgehead atoms. The predicted octanol–water partition coefficient (Wildman–Crippen LogP) is 3.88. The van der Waals surface area contributed by atoms with Crippen LogP contribution in [0.4, 0.5) is 0 Å². The monoisotopic (exact) mass is 515 g/mol. The van der Waals surface area contributed by atoms with Gasteiger partial charge in [0, 0.05) is 44.5 Å². The minimum Gasteiger partial charge on any atom is -0.462 e. The molecule has 2 heterocycles. The average molecular weight is 516 g/mol. The topological polar surface area (TPSA) is 111 Å². The summed E-state index contributed by atoms with van der Waals surface area (Å²) in [5, 5.41) is 12.0. The van der Waals surface area contributed by atoms with E-state index in [1.54, 1.807) is 0 Å². The van der Waals surface area contributed by atoms with E-state index in [-0.39, 0.29) is 29.4 Å². The molecule has 5 aliphatic rings. The minimum absolute atomic E-state index is 0.0254. The van der Waals surface area contributed by atoms with E-state index in [1.807, 2.05) is 30.5 Å². The van der Waals surface area contributed by atoms with E-state index in [0.29, 0.717) is 31.5 Å². The van der Waals surface area contributed by atoms with Gasteiger partial charge in [0.15, 0.2) is 0 Å². The van der Waals surface area contributed by atoms with Crippen LogP contribution >= 0.6 is 0 Å². The first-order chi connectivity index (χ1) is 18.4. The number of H-pyrrole nitrogens is 1. The summed E-state index contributed by atoms with van der Waals surface area (Å²) in [5.74, 6) is 2.92. The lowest BCUT2D eigenvalue weighted by Crippen LogP contribution is -2.54. The fourth-order valence-corrected chi connectivity index (χ4v) is 8.32. The van der Waals surface area contributed by atoms with Crippen molar-refractivity contribution in [1.82, 2.24) is 20.2 Å². The van der Waals surface area contributed by atoms with Crippen LogP contribution in [0.3, 0.4) is 0 Å². The number of carbonyl (C=O) groups is 2. The molecule has 1 aromatic carbocycles. The summed E-state index contributed by atoms with van der Waals surface area (Å²) in [6.07, 6.45) is 10.5. The molecule has 1 amide bonds. The number of piperazine rings is 1. The van der Waals surface area contributed by atoms with E-state index < -0.39 is 0 Å². The molecule has 2 atom stereocenters. The number of hydrogen-bond acceptors (Lipinski definition) is 6. The number of aromatic nitrogens is 2. The zero-order chi connectivity index (χ0) is 26.3. The third-order valence-corrected chi connectivity index (χ3v) is 9.48. The van der Waals surface area contributed by atoms with Gasteiger partial charge in [-0.2, -0.15) is 5.26 Å². The SMILES string of the molecule is CC(=O)OC(CC(c1cnc(Cc2ccc(C#N)cc2)[nH]1)N1CCNC(=O)C1)C12CC3CC(CC(C3)C1)C2. The predicted molar refractivity (Wildman–Crippen MR) is 141 cm³/mol. The molecule has 8 nitrogen and oxygen atoms in total. The summed E-state index contributed by atoms with van der Waals surface area (Å²) in [5.41, 5.74) is 2.72. The molecular formula is C30H37N5O3. The normalized spacial score (nSPS) is 29.9. The van der Waals surface area contributed by atoms with Gasteiger partial charge in [0.1, 0.15) is 11.9 Å². The maximum atomic E-state index is 12.4. The highest BCUT2D eigenvalue weighted by Gasteiger charge is 2.56. The van der Waals surface area contributed by atoms with E-state index in [1.165, 1.54) is 26.2 Å². The molecule has 8 heteroatoms. The third-order valence-electron chi connectivity index (χ3n) is 9.48. The number of nitriles is 1. The molecular weight excluding hydrogens is 478 g/mol. The number of ether oxygens (including phenoxy) is 1. The molecule has 2 N–H and O–H groups in total. The van der Waals surface area contributed by atoms with Crippen LogP contribution in [0, 0.1) is 34.5 Å². The molecule has 4 aliphatic carbocycles. The number of imidazole rings is 1. The van der Waals surface area contributed by atoms with Crippen LogP contribution in [0.25, 0.3) is 0 Å². The standard InChI is InChI=1S/C30H37N5O3/c1-19(36)38-27(30-13-22-8-23(14-30)10-24(9-22)15-30)12-26(35-7-6-32-29(37)18-35)25-17-33-28(34-25)11-20-2-4-21(16-31)5-3-20/h2-5,17,22-24,26-27H,6-15,18H2,1H3,(H,32,37)(H,33,34). The second kappa shape index (κ2) is 10.2. The van der Waals surface area contributed by atoms with Gasteiger partial charge in [-0.15, -0.1) is 0 Å². The molecule has 5 fully saturated rings. The second-order valence-electron chi connectivity index (χ2n) is 12.2. The quantitative estimate of drug-likeness (QED) is 0.516. The van der Waals surface area contributed by atoms with Crippen LogP contribution in [-0.2, 0) is 20.7 Å². The van der Waals surface area contributed by atoms with E-state index in [9.17, 15) is 9.59 Å². The highest BCUT2D eigenvalue weighted by molar-refractivity contribution is 5.78. The molecule has 0 spiro atoms. The molecule has 200 valence electrons. The highest BCUT2D eigenvalue weighted by atomic mass is 16.5. The zero-order valence-electron chi connectivity index (χ0n) is 22.1. The Balaban J connectivity index is 1.28. The second-order valence-corrected chi connectivity index (χ2v) is 12.2. The van der Waals surface area contributed by atoms with Crippen LogP contribution in [0.5, 0.6) is 0 Å². The lowest BCUT2D eigenvalue weighted by molar-refractivity contribution is -0.174. The first-order valence-electron chi connectivity index (χ1n) is 14.1. The van der Waals surface area contributed by atoms with Crippen LogP contribution in [0.2, 0.25) is 0 Å². The average Bonchev–Trinajstić information content (AvgIpc) is 3.34. The van der Waals surface area contributed by atoms with E-state index in [0.717, 1.165) is 60.6 Å². The summed E-state index contributed by atoms with van der Waals surface area (Å²) in [4.78, 5) is 35.3. The summed E-state index contributed by atoms with van der Waals surface area (Å²) in [7, 11) is 0. The van der Waals surface area contributed by atoms with Gasteiger partial charge in [-0.25, -0.2) is 4.98 Å². The van der Waals surface area contributed by atoms with Crippen LogP contribution in [0.1, 0.15) is 80.6 Å². The Hall–Kier alpha value is -3.18. The van der Waals surface area contributed by atoms with Crippen molar-refractivity contribution in [2.45, 2.75) is 70.4 Å². The number of benzene rings is 1. The van der Waals surface area contributed by atoms with Crippen molar-refractivity contribution in [3.8, 4) is 6.07 Å². The largest absolute Gasteiger partial charge is 0.462 e. The molecule has 0 radical (unpaired) electrons. The van der Waals surface area contributed by atoms with Gasteiger partial charge in [0.2, 0.25) is 5.91 Å². The summed E-state index contributed by atoms with van der Waals surface area (Å²) in [6, 6.07) is 9.62. The van der Waals surface area contributed by atoms with Gasteiger partial charge in [-0.05, 0) is 74.0 Å². The van der Waals surface area contributed by atoms with Crippen molar-refractivity contribution in [2.24, 2.45) is 23.2 Å². The van der Waals surface area contributed by atoms with Gasteiger partial charge < -0.3 is 15.0 Å². The van der Waals surface area contributed by atoms with Crippen LogP contribution < -0.4 is 5.32 Å². The fourth-order valence-electron chi connectivity index (χ4n) is 8.32. The number of aromatic amines is 1. The molecule has 1 aromatic heterocycles. The number of hydrogen-bond donors (Lipinski definition) is 2. The molecule has 1 saturated heterocycles. The number of nitrogens with one attached hydrogen (secondary N) is 2. The van der Waals surface area contributed by atoms with Gasteiger partial charge in [0.25, 0.3) is 0 Å². The first kappa shape index (κ1) is 25.1. The van der Waals surface area contributed by atoms with Crippen LogP contribution in [0.15, 0.2) is 30.5 Å². The van der Waals surface area contributed by atoms with Gasteiger partial charge in [-0.1, -0.05) is 12.1 Å². The van der Waals surface area contributed by atoms with Crippen molar-refractivity contribution in [2.75, 3.05) is 19.6 Å². The van der Waals surface area contributed by atoms with Crippen molar-refractivity contribution >= 4 is 11.9 Å². The van der Waals surface area contributed by atoms with E-state index in [2.05, 4.69) is 21.3 Å². The molecule has 7 rings (SSSR count). The van der Waals surface area contributed by atoms with Gasteiger partial charge >= 0.3 is 5.97 Å². The zero-order valence-corrected chi connectivity index (χ0v) is 22.1. The summed E-state index contributed by atoms with van der Waals surface area (Å²) in [6.45, 7) is 3.20. The first-order valence-corrected chi connectivity index (χ1v) is 14.1. The maximum absolute atomic E-state index is 12.4. The smallest absolute Gasteiger partial charge is 0.302 e. The van der Waals surface area contributed by atoms with Crippen molar-refractivity contribution in [3.05, 3.63) is 53.1 Å². The number of esters is 1. The van der Waals surface area contributed by atoms with Gasteiger partial charge in [-0.3, -0.25) is 14.5 Å². The number of carbonyl (C=O) groups excluding carboxylic acids is 2. The van der Waals surface area contributed by atoms with Gasteiger partial charge in [0.05, 0.1) is 29.9 Å². The Labute approximate surface area is 224 Å². The lowest BCUT2D eigenvalue weighted by Gasteiger charge is -2.59. The highest BCUT2D eigenvalue weighted by Crippen LogP contribution is 2.62. The Morgan fingerprint density at radius 3 is 2.47 bits per heavy atom. The summed E-state index contributed by atoms with van der Waals surface area (Å²) >= 11 is 0. The molecule has 2 aromatic rings. The molecule has 38 heavy (non-hydrogen) atoms. The lowest BCUT2D eigenvalue weighted by atomic mass is 9.47. The Kier molecular flexibility index (Phi) is 6.73. The Bertz CT molecular complexity index is 1190. The molecule has 4 saturated carbocycles. The number of amides is 1. The van der Waals surface area contributed by atoms with E-state index >= 15 is 0 Å². The van der Waals surface area contributed by atoms with Crippen LogP contribution in [-0.4, -0.2) is 52.5 Å².